The van der Waals surface area contributed by atoms with Crippen molar-refractivity contribution in [3.8, 4) is 0 Å². The standard InChI is InChI=1S/C18H17NO5S/c1-19-16(17(21)13-7-3-2-4-8-13)18(24-12-11-20)14-9-5-6-10-15(14)25(19,22)23/h2-10,20H,11-12H2,1H3. The Balaban J connectivity index is 2.26. The number of fused-ring (bicyclic) bond motifs is 1. The van der Waals surface area contributed by atoms with E-state index in [1.807, 2.05) is 0 Å². The first-order valence-electron chi connectivity index (χ1n) is 7.64. The van der Waals surface area contributed by atoms with Gasteiger partial charge in [0.2, 0.25) is 5.78 Å². The van der Waals surface area contributed by atoms with Gasteiger partial charge in [0.1, 0.15) is 12.3 Å². The minimum atomic E-state index is -3.87. The molecule has 1 aliphatic heterocycles. The number of ketones is 1. The minimum absolute atomic E-state index is 0.0525. The number of benzene rings is 2. The molecule has 2 aromatic rings. The third kappa shape index (κ3) is 2.92. The van der Waals surface area contributed by atoms with Crippen LogP contribution < -0.4 is 0 Å². The Morgan fingerprint density at radius 1 is 1.08 bits per heavy atom. The van der Waals surface area contributed by atoms with E-state index in [-0.39, 0.29) is 29.6 Å². The van der Waals surface area contributed by atoms with Crippen LogP contribution >= 0.6 is 0 Å². The molecule has 130 valence electrons. The summed E-state index contributed by atoms with van der Waals surface area (Å²) in [7, 11) is -2.55. The van der Waals surface area contributed by atoms with Crippen LogP contribution in [-0.2, 0) is 14.8 Å². The smallest absolute Gasteiger partial charge is 0.265 e. The maximum absolute atomic E-state index is 13.0. The van der Waals surface area contributed by atoms with Gasteiger partial charge in [0.25, 0.3) is 10.0 Å². The monoisotopic (exact) mass is 359 g/mol. The second-order valence-electron chi connectivity index (χ2n) is 5.41. The van der Waals surface area contributed by atoms with Crippen molar-refractivity contribution in [1.82, 2.24) is 4.31 Å². The number of nitrogens with zero attached hydrogens (tertiary/aromatic N) is 1. The van der Waals surface area contributed by atoms with Crippen molar-refractivity contribution in [3.63, 3.8) is 0 Å². The van der Waals surface area contributed by atoms with Crippen LogP contribution in [0.2, 0.25) is 0 Å². The molecule has 2 aromatic carbocycles. The van der Waals surface area contributed by atoms with Gasteiger partial charge < -0.3 is 9.84 Å². The zero-order valence-corrected chi connectivity index (χ0v) is 14.4. The van der Waals surface area contributed by atoms with Crippen molar-refractivity contribution in [1.29, 1.82) is 0 Å². The van der Waals surface area contributed by atoms with Gasteiger partial charge in [0, 0.05) is 18.2 Å². The summed E-state index contributed by atoms with van der Waals surface area (Å²) in [5.41, 5.74) is 0.593. The summed E-state index contributed by atoms with van der Waals surface area (Å²) in [6.45, 7) is -0.307. The zero-order valence-electron chi connectivity index (χ0n) is 13.5. The van der Waals surface area contributed by atoms with Crippen molar-refractivity contribution in [2.45, 2.75) is 4.90 Å². The normalized spacial score (nSPS) is 15.7. The van der Waals surface area contributed by atoms with Gasteiger partial charge in [-0.15, -0.1) is 0 Å². The predicted molar refractivity (Wildman–Crippen MR) is 92.1 cm³/mol. The number of aliphatic hydroxyl groups is 1. The Labute approximate surface area is 146 Å². The van der Waals surface area contributed by atoms with Crippen molar-refractivity contribution >= 4 is 21.6 Å². The fourth-order valence-corrected chi connectivity index (χ4v) is 4.07. The van der Waals surface area contributed by atoms with E-state index >= 15 is 0 Å². The van der Waals surface area contributed by atoms with Gasteiger partial charge in [-0.1, -0.05) is 42.5 Å². The highest BCUT2D eigenvalue weighted by Gasteiger charge is 2.38. The molecule has 0 bridgehead atoms. The molecule has 0 aliphatic carbocycles. The fraction of sp³-hybridized carbons (Fsp3) is 0.167. The zero-order chi connectivity index (χ0) is 18.0. The summed E-state index contributed by atoms with van der Waals surface area (Å²) in [5.74, 6) is -0.315. The Morgan fingerprint density at radius 2 is 1.72 bits per heavy atom. The Kier molecular flexibility index (Phi) is 4.61. The first-order valence-corrected chi connectivity index (χ1v) is 9.08. The molecule has 3 rings (SSSR count). The van der Waals surface area contributed by atoms with Crippen LogP contribution in [0.1, 0.15) is 15.9 Å². The number of hydrogen-bond donors (Lipinski definition) is 1. The number of carbonyl (C=O) groups excluding carboxylic acids is 1. The highest BCUT2D eigenvalue weighted by Crippen LogP contribution is 2.37. The maximum Gasteiger partial charge on any atom is 0.265 e. The van der Waals surface area contributed by atoms with Gasteiger partial charge in [0.05, 0.1) is 11.5 Å². The lowest BCUT2D eigenvalue weighted by molar-refractivity contribution is 0.100. The topological polar surface area (TPSA) is 83.9 Å². The number of Topliss-reactive ketones (excluding diaryl/α,β-unsaturated/α-hetero) is 1. The van der Waals surface area contributed by atoms with Gasteiger partial charge in [-0.3, -0.25) is 9.10 Å². The number of rotatable bonds is 5. The summed E-state index contributed by atoms with van der Waals surface area (Å²) in [4.78, 5) is 13.0. The highest BCUT2D eigenvalue weighted by molar-refractivity contribution is 7.89. The second kappa shape index (κ2) is 6.70. The van der Waals surface area contributed by atoms with Crippen molar-refractivity contribution in [2.24, 2.45) is 0 Å². The molecule has 25 heavy (non-hydrogen) atoms. The van der Waals surface area contributed by atoms with E-state index in [4.69, 9.17) is 9.84 Å². The van der Waals surface area contributed by atoms with Crippen LogP contribution in [0, 0.1) is 0 Å². The van der Waals surface area contributed by atoms with E-state index in [1.54, 1.807) is 48.5 Å². The van der Waals surface area contributed by atoms with Gasteiger partial charge in [0.15, 0.2) is 5.76 Å². The Morgan fingerprint density at radius 3 is 2.40 bits per heavy atom. The fourth-order valence-electron chi connectivity index (χ4n) is 2.68. The summed E-state index contributed by atoms with van der Waals surface area (Å²) < 4.78 is 32.1. The molecular weight excluding hydrogens is 342 g/mol. The molecule has 0 atom stereocenters. The average Bonchev–Trinajstić information content (AvgIpc) is 2.64. The van der Waals surface area contributed by atoms with Gasteiger partial charge >= 0.3 is 0 Å². The molecule has 7 heteroatoms. The molecule has 1 aliphatic rings. The van der Waals surface area contributed by atoms with Crippen molar-refractivity contribution < 1.29 is 23.1 Å². The molecule has 1 heterocycles. The van der Waals surface area contributed by atoms with Crippen LogP contribution in [0.3, 0.4) is 0 Å². The number of sulfonamides is 1. The predicted octanol–water partition coefficient (Wildman–Crippen LogP) is 1.88. The van der Waals surface area contributed by atoms with Crippen LogP contribution in [0.15, 0.2) is 65.2 Å². The first kappa shape index (κ1) is 17.2. The summed E-state index contributed by atoms with van der Waals surface area (Å²) in [6, 6.07) is 14.7. The van der Waals surface area contributed by atoms with E-state index in [2.05, 4.69) is 0 Å². The summed E-state index contributed by atoms with van der Waals surface area (Å²) >= 11 is 0. The SMILES string of the molecule is CN1C(C(=O)c2ccccc2)=C(OCCO)c2ccccc2S1(=O)=O. The average molecular weight is 359 g/mol. The van der Waals surface area contributed by atoms with E-state index in [0.717, 1.165) is 4.31 Å². The van der Waals surface area contributed by atoms with Crippen LogP contribution in [0.5, 0.6) is 0 Å². The molecule has 0 amide bonds. The Bertz CT molecular complexity index is 935. The van der Waals surface area contributed by atoms with Gasteiger partial charge in [-0.05, 0) is 12.1 Å². The highest BCUT2D eigenvalue weighted by atomic mass is 32.2. The third-order valence-corrected chi connectivity index (χ3v) is 5.70. The van der Waals surface area contributed by atoms with Crippen LogP contribution in [0.4, 0.5) is 0 Å². The molecule has 0 aromatic heterocycles. The lowest BCUT2D eigenvalue weighted by atomic mass is 10.0. The van der Waals surface area contributed by atoms with Crippen molar-refractivity contribution in [3.05, 3.63) is 71.4 Å². The largest absolute Gasteiger partial charge is 0.488 e. The van der Waals surface area contributed by atoms with E-state index in [0.29, 0.717) is 11.1 Å². The molecule has 0 unspecified atom stereocenters. The van der Waals surface area contributed by atoms with Gasteiger partial charge in [-0.25, -0.2) is 8.42 Å². The molecule has 0 saturated carbocycles. The number of hydrogen-bond acceptors (Lipinski definition) is 5. The molecule has 0 saturated heterocycles. The number of carbonyl (C=O) groups is 1. The minimum Gasteiger partial charge on any atom is -0.488 e. The summed E-state index contributed by atoms with van der Waals surface area (Å²) in [5, 5.41) is 9.09. The lowest BCUT2D eigenvalue weighted by Gasteiger charge is -2.30. The van der Waals surface area contributed by atoms with Crippen LogP contribution in [0.25, 0.3) is 5.76 Å². The van der Waals surface area contributed by atoms with E-state index in [1.165, 1.54) is 13.1 Å². The van der Waals surface area contributed by atoms with Crippen LogP contribution in [-0.4, -0.2) is 43.9 Å². The van der Waals surface area contributed by atoms with E-state index < -0.39 is 15.8 Å². The van der Waals surface area contributed by atoms with Crippen molar-refractivity contribution in [2.75, 3.05) is 20.3 Å². The quantitative estimate of drug-likeness (QED) is 0.824. The molecule has 0 fully saturated rings. The third-order valence-electron chi connectivity index (χ3n) is 3.89. The molecular formula is C18H17NO5S. The number of allylic oxidation sites excluding steroid dienone is 1. The second-order valence-corrected chi connectivity index (χ2v) is 7.35. The lowest BCUT2D eigenvalue weighted by Crippen LogP contribution is -2.35. The molecule has 0 spiro atoms. The number of ether oxygens (including phenoxy) is 1. The Hall–Kier alpha value is -2.64. The number of aliphatic hydroxyl groups excluding tert-OH is 1. The summed E-state index contributed by atoms with van der Waals surface area (Å²) in [6.07, 6.45) is 0. The molecule has 6 nitrogen and oxygen atoms in total. The number of likely N-dealkylation sites (N-methyl/N-ethyl adjacent to an activating group) is 1. The molecule has 1 N–H and O–H groups in total. The maximum atomic E-state index is 13.0. The van der Waals surface area contributed by atoms with E-state index in [9.17, 15) is 13.2 Å². The molecule has 0 radical (unpaired) electrons. The van der Waals surface area contributed by atoms with Gasteiger partial charge in [-0.2, -0.15) is 0 Å². The first-order chi connectivity index (χ1) is 12.0.